The largest absolute Gasteiger partial charge is 0.477 e. The molecule has 0 spiro atoms. The highest BCUT2D eigenvalue weighted by atomic mass is 32.1. The number of aryl methyl sites for hydroxylation is 1. The van der Waals surface area contributed by atoms with Gasteiger partial charge in [-0.1, -0.05) is 13.3 Å². The number of nitrogens with zero attached hydrogens (tertiary/aromatic N) is 1. The minimum Gasteiger partial charge on any atom is -0.477 e. The van der Waals surface area contributed by atoms with E-state index in [-0.39, 0.29) is 20.8 Å². The molecule has 0 unspecified atom stereocenters. The van der Waals surface area contributed by atoms with Crippen molar-refractivity contribution in [2.75, 3.05) is 5.32 Å². The Balaban J connectivity index is 2.53. The number of carboxylic acids is 1. The van der Waals surface area contributed by atoms with Gasteiger partial charge in [-0.15, -0.1) is 11.3 Å². The van der Waals surface area contributed by atoms with E-state index in [0.29, 0.717) is 12.1 Å². The number of rotatable bonds is 4. The third-order valence-electron chi connectivity index (χ3n) is 2.81. The maximum atomic E-state index is 12.4. The van der Waals surface area contributed by atoms with E-state index in [9.17, 15) is 22.8 Å². The van der Waals surface area contributed by atoms with Crippen LogP contribution in [0.25, 0.3) is 10.2 Å². The van der Waals surface area contributed by atoms with Crippen LogP contribution < -0.4 is 5.32 Å². The lowest BCUT2D eigenvalue weighted by Gasteiger charge is -2.08. The number of thiophene rings is 1. The van der Waals surface area contributed by atoms with Crippen molar-refractivity contribution < 1.29 is 27.9 Å². The summed E-state index contributed by atoms with van der Waals surface area (Å²) >= 11 is 0.732. The van der Waals surface area contributed by atoms with Gasteiger partial charge in [-0.3, -0.25) is 4.79 Å². The number of nitrogens with one attached hydrogen (secondary N) is 1. The number of amides is 1. The van der Waals surface area contributed by atoms with Crippen molar-refractivity contribution in [3.63, 3.8) is 0 Å². The average Bonchev–Trinajstić information content (AvgIpc) is 2.76. The van der Waals surface area contributed by atoms with Crippen LogP contribution in [0.3, 0.4) is 0 Å². The van der Waals surface area contributed by atoms with Gasteiger partial charge in [0.15, 0.2) is 0 Å². The van der Waals surface area contributed by atoms with Crippen molar-refractivity contribution in [2.45, 2.75) is 25.9 Å². The van der Waals surface area contributed by atoms with E-state index < -0.39 is 18.1 Å². The molecule has 0 radical (unpaired) electrons. The van der Waals surface area contributed by atoms with E-state index in [1.807, 2.05) is 6.92 Å². The Bertz CT molecular complexity index is 740. The molecule has 2 aromatic heterocycles. The first-order chi connectivity index (χ1) is 10.2. The first-order valence-corrected chi connectivity index (χ1v) is 7.09. The van der Waals surface area contributed by atoms with Gasteiger partial charge in [0.05, 0.1) is 5.69 Å². The molecule has 0 atom stereocenters. The number of hydrogen-bond acceptors (Lipinski definition) is 4. The number of hydrogen-bond donors (Lipinski definition) is 2. The van der Waals surface area contributed by atoms with Crippen LogP contribution in [-0.4, -0.2) is 28.1 Å². The summed E-state index contributed by atoms with van der Waals surface area (Å²) in [6.45, 7) is 1.94. The molecule has 5 nitrogen and oxygen atoms in total. The second kappa shape index (κ2) is 5.91. The molecule has 2 heterocycles. The zero-order valence-corrected chi connectivity index (χ0v) is 12.1. The fraction of sp³-hybridized carbons (Fsp3) is 0.308. The van der Waals surface area contributed by atoms with Gasteiger partial charge in [-0.05, 0) is 18.6 Å². The lowest BCUT2D eigenvalue weighted by molar-refractivity contribution is -0.167. The van der Waals surface area contributed by atoms with E-state index in [4.69, 9.17) is 5.11 Å². The van der Waals surface area contributed by atoms with Crippen LogP contribution in [0.2, 0.25) is 0 Å². The molecule has 0 bridgehead atoms. The lowest BCUT2D eigenvalue weighted by atomic mass is 10.2. The Morgan fingerprint density at radius 3 is 2.59 bits per heavy atom. The van der Waals surface area contributed by atoms with Gasteiger partial charge in [0.25, 0.3) is 0 Å². The molecule has 2 rings (SSSR count). The molecular weight excluding hydrogens is 321 g/mol. The molecule has 2 N–H and O–H groups in total. The third-order valence-corrected chi connectivity index (χ3v) is 3.90. The number of fused-ring (bicyclic) bond motifs is 1. The number of carbonyl (C=O) groups excluding carboxylic acids is 1. The number of halogens is 3. The number of carbonyl (C=O) groups is 2. The second-order valence-corrected chi connectivity index (χ2v) is 5.47. The normalized spacial score (nSPS) is 11.6. The van der Waals surface area contributed by atoms with Gasteiger partial charge in [0, 0.05) is 11.1 Å². The highest BCUT2D eigenvalue weighted by Crippen LogP contribution is 2.36. The number of carboxylic acid groups (broad SMARTS) is 1. The summed E-state index contributed by atoms with van der Waals surface area (Å²) in [5, 5.41) is 10.9. The summed E-state index contributed by atoms with van der Waals surface area (Å²) in [5.74, 6) is -3.63. The third kappa shape index (κ3) is 3.19. The molecule has 2 aromatic rings. The monoisotopic (exact) mass is 332 g/mol. The Hall–Kier alpha value is -2.16. The van der Waals surface area contributed by atoms with Gasteiger partial charge in [-0.2, -0.15) is 13.2 Å². The Labute approximate surface area is 126 Å². The minimum absolute atomic E-state index is 0.180. The SMILES string of the molecule is CCCc1ccc2c(NC(=O)C(F)(F)F)c(C(=O)O)sc2n1. The summed E-state index contributed by atoms with van der Waals surface area (Å²) in [6, 6.07) is 3.08. The van der Waals surface area contributed by atoms with Gasteiger partial charge in [-0.25, -0.2) is 9.78 Å². The molecule has 118 valence electrons. The summed E-state index contributed by atoms with van der Waals surface area (Å²) in [7, 11) is 0. The van der Waals surface area contributed by atoms with E-state index in [2.05, 4.69) is 4.98 Å². The van der Waals surface area contributed by atoms with Gasteiger partial charge in [0.2, 0.25) is 0 Å². The predicted molar refractivity (Wildman–Crippen MR) is 75.3 cm³/mol. The van der Waals surface area contributed by atoms with Gasteiger partial charge in [0.1, 0.15) is 9.71 Å². The van der Waals surface area contributed by atoms with Gasteiger partial charge >= 0.3 is 18.1 Å². The van der Waals surface area contributed by atoms with E-state index in [1.165, 1.54) is 6.07 Å². The Morgan fingerprint density at radius 2 is 2.05 bits per heavy atom. The van der Waals surface area contributed by atoms with Crippen LogP contribution in [0, 0.1) is 0 Å². The minimum atomic E-state index is -5.10. The smallest absolute Gasteiger partial charge is 0.471 e. The molecule has 22 heavy (non-hydrogen) atoms. The number of anilines is 1. The van der Waals surface area contributed by atoms with Crippen LogP contribution in [-0.2, 0) is 11.2 Å². The van der Waals surface area contributed by atoms with E-state index in [0.717, 1.165) is 17.8 Å². The van der Waals surface area contributed by atoms with E-state index in [1.54, 1.807) is 11.4 Å². The van der Waals surface area contributed by atoms with Crippen LogP contribution in [0.5, 0.6) is 0 Å². The number of pyridine rings is 1. The molecular formula is C13H11F3N2O3S. The molecule has 0 fully saturated rings. The summed E-state index contributed by atoms with van der Waals surface area (Å²) in [4.78, 5) is 26.4. The van der Waals surface area contributed by atoms with E-state index >= 15 is 0 Å². The molecule has 9 heteroatoms. The van der Waals surface area contributed by atoms with Crippen molar-refractivity contribution in [3.8, 4) is 0 Å². The predicted octanol–water partition coefficient (Wildman–Crippen LogP) is 3.45. The fourth-order valence-corrected chi connectivity index (χ4v) is 2.86. The first kappa shape index (κ1) is 16.2. The van der Waals surface area contributed by atoms with Crippen LogP contribution in [0.1, 0.15) is 28.7 Å². The maximum Gasteiger partial charge on any atom is 0.471 e. The van der Waals surface area contributed by atoms with Crippen molar-refractivity contribution >= 4 is 39.1 Å². The number of alkyl halides is 3. The van der Waals surface area contributed by atoms with Crippen LogP contribution in [0.15, 0.2) is 12.1 Å². The second-order valence-electron chi connectivity index (χ2n) is 4.47. The number of aromatic nitrogens is 1. The lowest BCUT2D eigenvalue weighted by Crippen LogP contribution is -2.30. The number of aromatic carboxylic acids is 1. The molecule has 0 saturated heterocycles. The van der Waals surface area contributed by atoms with Crippen LogP contribution >= 0.6 is 11.3 Å². The highest BCUT2D eigenvalue weighted by Gasteiger charge is 2.39. The van der Waals surface area contributed by atoms with Crippen LogP contribution in [0.4, 0.5) is 18.9 Å². The molecule has 0 aliphatic carbocycles. The Kier molecular flexibility index (Phi) is 4.36. The quantitative estimate of drug-likeness (QED) is 0.899. The fourth-order valence-electron chi connectivity index (χ4n) is 1.87. The molecule has 0 saturated carbocycles. The highest BCUT2D eigenvalue weighted by molar-refractivity contribution is 7.21. The maximum absolute atomic E-state index is 12.4. The summed E-state index contributed by atoms with van der Waals surface area (Å²) in [6.07, 6.45) is -3.60. The zero-order valence-electron chi connectivity index (χ0n) is 11.3. The Morgan fingerprint density at radius 1 is 1.36 bits per heavy atom. The van der Waals surface area contributed by atoms with Crippen molar-refractivity contribution in [1.82, 2.24) is 4.98 Å². The topological polar surface area (TPSA) is 79.3 Å². The summed E-state index contributed by atoms with van der Waals surface area (Å²) < 4.78 is 37.1. The molecule has 0 aliphatic heterocycles. The molecule has 0 aromatic carbocycles. The van der Waals surface area contributed by atoms with Crippen molar-refractivity contribution in [3.05, 3.63) is 22.7 Å². The van der Waals surface area contributed by atoms with Gasteiger partial charge < -0.3 is 10.4 Å². The average molecular weight is 332 g/mol. The van der Waals surface area contributed by atoms with Crippen molar-refractivity contribution in [2.24, 2.45) is 0 Å². The molecule has 0 aliphatic rings. The first-order valence-electron chi connectivity index (χ1n) is 6.28. The molecule has 1 amide bonds. The zero-order chi connectivity index (χ0) is 16.5. The summed E-state index contributed by atoms with van der Waals surface area (Å²) in [5.41, 5.74) is 0.340. The standard InChI is InChI=1S/C13H11F3N2O3S/c1-2-3-6-4-5-7-8(18-12(21)13(14,15)16)9(11(19)20)22-10(7)17-6/h4-5H,2-3H2,1H3,(H,18,21)(H,19,20). The van der Waals surface area contributed by atoms with Crippen molar-refractivity contribution in [1.29, 1.82) is 0 Å².